The molecule has 19 heavy (non-hydrogen) atoms. The first kappa shape index (κ1) is 14.5. The van der Waals surface area contributed by atoms with Crippen molar-refractivity contribution in [2.24, 2.45) is 0 Å². The summed E-state index contributed by atoms with van der Waals surface area (Å²) in [6.45, 7) is 6.62. The highest BCUT2D eigenvalue weighted by atomic mass is 127. The van der Waals surface area contributed by atoms with Crippen LogP contribution in [0.5, 0.6) is 0 Å². The molecule has 0 spiro atoms. The molecule has 1 nitrogen and oxygen atoms in total. The predicted molar refractivity (Wildman–Crippen MR) is 90.3 cm³/mol. The van der Waals surface area contributed by atoms with Gasteiger partial charge in [-0.1, -0.05) is 36.4 Å². The van der Waals surface area contributed by atoms with Gasteiger partial charge >= 0.3 is 0 Å². The summed E-state index contributed by atoms with van der Waals surface area (Å²) in [5.41, 5.74) is 4.05. The van der Waals surface area contributed by atoms with Crippen molar-refractivity contribution in [2.75, 3.05) is 0 Å². The van der Waals surface area contributed by atoms with Crippen LogP contribution >= 0.6 is 22.6 Å². The third kappa shape index (κ3) is 3.80. The van der Waals surface area contributed by atoms with Crippen LogP contribution in [0, 0.1) is 10.5 Å². The van der Waals surface area contributed by atoms with Gasteiger partial charge in [0.05, 0.1) is 0 Å². The number of aryl methyl sites for hydroxylation is 1. The van der Waals surface area contributed by atoms with E-state index in [0.29, 0.717) is 12.1 Å². The number of nitrogens with one attached hydrogen (secondary N) is 1. The van der Waals surface area contributed by atoms with Crippen LogP contribution in [0.1, 0.15) is 42.6 Å². The van der Waals surface area contributed by atoms with Crippen LogP contribution in [-0.4, -0.2) is 0 Å². The van der Waals surface area contributed by atoms with E-state index in [9.17, 15) is 0 Å². The lowest BCUT2D eigenvalue weighted by Gasteiger charge is -2.22. The molecule has 100 valence electrons. The number of benzene rings is 2. The summed E-state index contributed by atoms with van der Waals surface area (Å²) >= 11 is 2.34. The summed E-state index contributed by atoms with van der Waals surface area (Å²) in [5, 5.41) is 3.67. The fourth-order valence-corrected chi connectivity index (χ4v) is 2.74. The zero-order chi connectivity index (χ0) is 13.8. The van der Waals surface area contributed by atoms with Gasteiger partial charge in [0.25, 0.3) is 0 Å². The molecule has 0 saturated heterocycles. The quantitative estimate of drug-likeness (QED) is 0.751. The highest BCUT2D eigenvalue weighted by Crippen LogP contribution is 2.22. The molecule has 0 saturated carbocycles. The molecule has 0 bridgehead atoms. The van der Waals surface area contributed by atoms with Crippen LogP contribution < -0.4 is 5.32 Å². The summed E-state index contributed by atoms with van der Waals surface area (Å²) in [6.07, 6.45) is 0. The Labute approximate surface area is 129 Å². The zero-order valence-electron chi connectivity index (χ0n) is 11.7. The minimum Gasteiger partial charge on any atom is -0.304 e. The summed E-state index contributed by atoms with van der Waals surface area (Å²) in [7, 11) is 0. The van der Waals surface area contributed by atoms with E-state index >= 15 is 0 Å². The van der Waals surface area contributed by atoms with Crippen LogP contribution in [0.2, 0.25) is 0 Å². The van der Waals surface area contributed by atoms with Crippen molar-refractivity contribution >= 4 is 22.6 Å². The molecule has 1 unspecified atom stereocenters. The van der Waals surface area contributed by atoms with Crippen molar-refractivity contribution in [3.63, 3.8) is 0 Å². The van der Waals surface area contributed by atoms with Gasteiger partial charge in [-0.25, -0.2) is 0 Å². The number of halogens is 1. The lowest BCUT2D eigenvalue weighted by atomic mass is 10.0. The molecule has 2 aromatic carbocycles. The summed E-state index contributed by atoms with van der Waals surface area (Å²) in [6, 6.07) is 18.0. The van der Waals surface area contributed by atoms with Crippen LogP contribution in [0.15, 0.2) is 48.5 Å². The molecule has 2 rings (SSSR count). The summed E-state index contributed by atoms with van der Waals surface area (Å²) in [5.74, 6) is 0. The first-order chi connectivity index (χ1) is 9.08. The first-order valence-corrected chi connectivity index (χ1v) is 7.73. The molecule has 2 aromatic rings. The van der Waals surface area contributed by atoms with Gasteiger partial charge in [0.1, 0.15) is 0 Å². The molecule has 1 N–H and O–H groups in total. The van der Waals surface area contributed by atoms with Gasteiger partial charge in [-0.2, -0.15) is 0 Å². The van der Waals surface area contributed by atoms with Gasteiger partial charge < -0.3 is 5.32 Å². The van der Waals surface area contributed by atoms with Gasteiger partial charge in [-0.3, -0.25) is 0 Å². The van der Waals surface area contributed by atoms with E-state index in [1.165, 1.54) is 20.3 Å². The smallest absolute Gasteiger partial charge is 0.0300 e. The normalized spacial score (nSPS) is 14.1. The molecule has 0 aliphatic heterocycles. The average Bonchev–Trinajstić information content (AvgIpc) is 2.39. The van der Waals surface area contributed by atoms with Crippen molar-refractivity contribution in [2.45, 2.75) is 32.9 Å². The van der Waals surface area contributed by atoms with Crippen LogP contribution in [-0.2, 0) is 0 Å². The number of rotatable bonds is 4. The Kier molecular flexibility index (Phi) is 4.99. The number of hydrogen-bond donors (Lipinski definition) is 1. The van der Waals surface area contributed by atoms with Crippen molar-refractivity contribution < 1.29 is 0 Å². The second kappa shape index (κ2) is 6.53. The summed E-state index contributed by atoms with van der Waals surface area (Å²) < 4.78 is 1.28. The minimum atomic E-state index is 0.353. The fourth-order valence-electron chi connectivity index (χ4n) is 2.39. The van der Waals surface area contributed by atoms with E-state index in [1.807, 2.05) is 0 Å². The third-order valence-corrected chi connectivity index (χ3v) is 4.24. The van der Waals surface area contributed by atoms with Gasteiger partial charge in [-0.15, -0.1) is 0 Å². The van der Waals surface area contributed by atoms with Crippen molar-refractivity contribution in [1.82, 2.24) is 5.32 Å². The Balaban J connectivity index is 2.08. The van der Waals surface area contributed by atoms with Crippen LogP contribution in [0.3, 0.4) is 0 Å². The molecule has 0 fully saturated rings. The summed E-state index contributed by atoms with van der Waals surface area (Å²) in [4.78, 5) is 0. The average molecular weight is 365 g/mol. The maximum absolute atomic E-state index is 3.67. The van der Waals surface area contributed by atoms with Crippen molar-refractivity contribution in [3.05, 3.63) is 68.8 Å². The lowest BCUT2D eigenvalue weighted by Crippen LogP contribution is -2.23. The molecule has 0 aliphatic carbocycles. The highest BCUT2D eigenvalue weighted by molar-refractivity contribution is 14.1. The highest BCUT2D eigenvalue weighted by Gasteiger charge is 2.12. The molecule has 2 heteroatoms. The number of hydrogen-bond acceptors (Lipinski definition) is 1. The van der Waals surface area contributed by atoms with Gasteiger partial charge in [-0.05, 0) is 72.2 Å². The Hall–Kier alpha value is -0.870. The maximum atomic E-state index is 3.67. The van der Waals surface area contributed by atoms with E-state index in [4.69, 9.17) is 0 Å². The van der Waals surface area contributed by atoms with Crippen LogP contribution in [0.4, 0.5) is 0 Å². The lowest BCUT2D eigenvalue weighted by molar-refractivity contribution is 0.493. The van der Waals surface area contributed by atoms with Gasteiger partial charge in [0.2, 0.25) is 0 Å². The minimum absolute atomic E-state index is 0.353. The molecule has 2 atom stereocenters. The largest absolute Gasteiger partial charge is 0.304 e. The van der Waals surface area contributed by atoms with E-state index < -0.39 is 0 Å². The molecule has 0 heterocycles. The van der Waals surface area contributed by atoms with Crippen molar-refractivity contribution in [1.29, 1.82) is 0 Å². The second-order valence-corrected chi connectivity index (χ2v) is 6.26. The fraction of sp³-hybridized carbons (Fsp3) is 0.294. The monoisotopic (exact) mass is 365 g/mol. The topological polar surface area (TPSA) is 12.0 Å². The first-order valence-electron chi connectivity index (χ1n) is 6.65. The molecule has 0 radical (unpaired) electrons. The standard InChI is InChI=1S/C17H20IN/c1-12-6-4-5-7-17(12)14(3)19-13(2)15-8-10-16(18)11-9-15/h4-11,13-14,19H,1-3H3/t13?,14-/m0/s1. The SMILES string of the molecule is Cc1ccccc1[C@H](C)NC(C)c1ccc(I)cc1. The van der Waals surface area contributed by atoms with Gasteiger partial charge in [0, 0.05) is 15.7 Å². The van der Waals surface area contributed by atoms with Crippen molar-refractivity contribution in [3.8, 4) is 0 Å². The van der Waals surface area contributed by atoms with E-state index in [0.717, 1.165) is 0 Å². The van der Waals surface area contributed by atoms with E-state index in [1.54, 1.807) is 0 Å². The maximum Gasteiger partial charge on any atom is 0.0300 e. The molecular formula is C17H20IN. The van der Waals surface area contributed by atoms with E-state index in [2.05, 4.69) is 97.2 Å². The zero-order valence-corrected chi connectivity index (χ0v) is 13.8. The molecular weight excluding hydrogens is 345 g/mol. The Bertz CT molecular complexity index is 533. The Morgan fingerprint density at radius 1 is 0.895 bits per heavy atom. The van der Waals surface area contributed by atoms with Crippen LogP contribution in [0.25, 0.3) is 0 Å². The Morgan fingerprint density at radius 2 is 1.53 bits per heavy atom. The second-order valence-electron chi connectivity index (χ2n) is 5.02. The van der Waals surface area contributed by atoms with Gasteiger partial charge in [0.15, 0.2) is 0 Å². The molecule has 0 aliphatic rings. The van der Waals surface area contributed by atoms with E-state index in [-0.39, 0.29) is 0 Å². The third-order valence-electron chi connectivity index (χ3n) is 3.52. The predicted octanol–water partition coefficient (Wildman–Crippen LogP) is 5.01. The molecule has 0 aromatic heterocycles. The Morgan fingerprint density at radius 3 is 2.16 bits per heavy atom. The molecule has 0 amide bonds.